The molecule has 0 bridgehead atoms. The average molecular weight is 445 g/mol. The van der Waals surface area contributed by atoms with E-state index in [-0.39, 0.29) is 11.8 Å². The molecule has 0 aliphatic rings. The van der Waals surface area contributed by atoms with Crippen molar-refractivity contribution in [1.82, 2.24) is 9.99 Å². The van der Waals surface area contributed by atoms with Crippen molar-refractivity contribution in [2.45, 2.75) is 13.5 Å². The highest BCUT2D eigenvalue weighted by Gasteiger charge is 2.09. The van der Waals surface area contributed by atoms with Gasteiger partial charge in [-0.2, -0.15) is 5.10 Å². The van der Waals surface area contributed by atoms with Gasteiger partial charge in [0.05, 0.1) is 6.21 Å². The lowest BCUT2D eigenvalue weighted by Crippen LogP contribution is -2.17. The van der Waals surface area contributed by atoms with Crippen molar-refractivity contribution in [3.63, 3.8) is 0 Å². The quantitative estimate of drug-likeness (QED) is 0.322. The van der Waals surface area contributed by atoms with E-state index in [1.807, 2.05) is 54.7 Å². The maximum absolute atomic E-state index is 12.4. The maximum Gasteiger partial charge on any atom is 0.271 e. The van der Waals surface area contributed by atoms with Crippen molar-refractivity contribution < 1.29 is 9.59 Å². The summed E-state index contributed by atoms with van der Waals surface area (Å²) in [6.45, 7) is 2.06. The minimum absolute atomic E-state index is 0.166. The second-order valence-electron chi connectivity index (χ2n) is 7.28. The molecule has 0 spiro atoms. The van der Waals surface area contributed by atoms with Crippen LogP contribution in [0.4, 0.5) is 5.69 Å². The van der Waals surface area contributed by atoms with Crippen LogP contribution in [0.5, 0.6) is 0 Å². The number of fused-ring (bicyclic) bond motifs is 1. The van der Waals surface area contributed by atoms with Crippen molar-refractivity contribution >= 4 is 46.2 Å². The number of aromatic nitrogens is 1. The summed E-state index contributed by atoms with van der Waals surface area (Å²) in [6.07, 6.45) is 3.63. The predicted octanol–water partition coefficient (Wildman–Crippen LogP) is 5.07. The van der Waals surface area contributed by atoms with E-state index in [4.69, 9.17) is 11.6 Å². The molecule has 3 aromatic carbocycles. The van der Waals surface area contributed by atoms with E-state index in [9.17, 15) is 9.59 Å². The first-order valence-corrected chi connectivity index (χ1v) is 10.4. The number of anilines is 1. The number of halogens is 1. The fourth-order valence-electron chi connectivity index (χ4n) is 3.45. The van der Waals surface area contributed by atoms with Crippen LogP contribution in [0.1, 0.15) is 28.4 Å². The molecular weight excluding hydrogens is 424 g/mol. The Balaban J connectivity index is 1.51. The third-order valence-electron chi connectivity index (χ3n) is 4.96. The molecule has 0 unspecified atom stereocenters. The van der Waals surface area contributed by atoms with Gasteiger partial charge in [-0.25, -0.2) is 5.43 Å². The van der Waals surface area contributed by atoms with Crippen molar-refractivity contribution in [1.29, 1.82) is 0 Å². The number of benzene rings is 3. The van der Waals surface area contributed by atoms with Gasteiger partial charge in [0, 0.05) is 52.4 Å². The standard InChI is InChI=1S/C25H21ClN4O2/c1-17(31)28-21-12-10-18(11-13-21)25(32)29-27-14-20-16-30(24-9-5-3-7-22(20)24)15-19-6-2-4-8-23(19)26/h2-14,16H,15H2,1H3,(H,28,31)(H,29,32). The Labute approximate surface area is 190 Å². The van der Waals surface area contributed by atoms with Crippen molar-refractivity contribution in [2.24, 2.45) is 5.10 Å². The number of nitrogens with one attached hydrogen (secondary N) is 2. The number of amides is 2. The molecule has 0 saturated heterocycles. The molecule has 6 nitrogen and oxygen atoms in total. The molecule has 2 amide bonds. The van der Waals surface area contributed by atoms with Gasteiger partial charge in [-0.3, -0.25) is 9.59 Å². The molecule has 0 atom stereocenters. The summed E-state index contributed by atoms with van der Waals surface area (Å²) in [4.78, 5) is 23.5. The van der Waals surface area contributed by atoms with Gasteiger partial charge in [-0.15, -0.1) is 0 Å². The minimum Gasteiger partial charge on any atom is -0.342 e. The Bertz CT molecular complexity index is 1310. The molecule has 0 fully saturated rings. The summed E-state index contributed by atoms with van der Waals surface area (Å²) >= 11 is 6.34. The highest BCUT2D eigenvalue weighted by molar-refractivity contribution is 6.31. The van der Waals surface area contributed by atoms with E-state index in [1.54, 1.807) is 30.5 Å². The molecule has 7 heteroatoms. The van der Waals surface area contributed by atoms with Crippen LogP contribution in [0.3, 0.4) is 0 Å². The van der Waals surface area contributed by atoms with E-state index in [1.165, 1.54) is 6.92 Å². The van der Waals surface area contributed by atoms with Crippen LogP contribution in [0.15, 0.2) is 84.1 Å². The van der Waals surface area contributed by atoms with Gasteiger partial charge in [-0.1, -0.05) is 48.0 Å². The van der Waals surface area contributed by atoms with E-state index in [0.717, 1.165) is 27.1 Å². The number of hydrogen-bond acceptors (Lipinski definition) is 3. The normalized spacial score (nSPS) is 11.1. The molecule has 0 aliphatic carbocycles. The summed E-state index contributed by atoms with van der Waals surface area (Å²) in [6, 6.07) is 22.4. The summed E-state index contributed by atoms with van der Waals surface area (Å²) < 4.78 is 2.11. The second-order valence-corrected chi connectivity index (χ2v) is 7.69. The molecule has 0 aliphatic heterocycles. The van der Waals surface area contributed by atoms with E-state index in [2.05, 4.69) is 20.4 Å². The van der Waals surface area contributed by atoms with Crippen LogP contribution in [0.25, 0.3) is 10.9 Å². The lowest BCUT2D eigenvalue weighted by Gasteiger charge is -2.07. The summed E-state index contributed by atoms with van der Waals surface area (Å²) in [5.74, 6) is -0.504. The van der Waals surface area contributed by atoms with Crippen LogP contribution in [-0.4, -0.2) is 22.6 Å². The molecule has 0 radical (unpaired) electrons. The minimum atomic E-state index is -0.338. The van der Waals surface area contributed by atoms with E-state index >= 15 is 0 Å². The zero-order valence-corrected chi connectivity index (χ0v) is 18.1. The fraction of sp³-hybridized carbons (Fsp3) is 0.0800. The number of carbonyl (C=O) groups is 2. The zero-order chi connectivity index (χ0) is 22.5. The summed E-state index contributed by atoms with van der Waals surface area (Å²) in [5, 5.41) is 8.55. The first kappa shape index (κ1) is 21.3. The van der Waals surface area contributed by atoms with Crippen LogP contribution < -0.4 is 10.7 Å². The Morgan fingerprint density at radius 2 is 1.72 bits per heavy atom. The number of hydrazone groups is 1. The van der Waals surface area contributed by atoms with Crippen molar-refractivity contribution in [3.05, 3.63) is 101 Å². The lowest BCUT2D eigenvalue weighted by molar-refractivity contribution is -0.114. The van der Waals surface area contributed by atoms with Crippen LogP contribution in [-0.2, 0) is 11.3 Å². The number of nitrogens with zero attached hydrogens (tertiary/aromatic N) is 2. The predicted molar refractivity (Wildman–Crippen MR) is 128 cm³/mol. The monoisotopic (exact) mass is 444 g/mol. The largest absolute Gasteiger partial charge is 0.342 e. The van der Waals surface area contributed by atoms with E-state index < -0.39 is 0 Å². The number of hydrogen-bond donors (Lipinski definition) is 2. The molecule has 32 heavy (non-hydrogen) atoms. The zero-order valence-electron chi connectivity index (χ0n) is 17.4. The third-order valence-corrected chi connectivity index (χ3v) is 5.32. The van der Waals surface area contributed by atoms with Gasteiger partial charge in [0.2, 0.25) is 5.91 Å². The molecule has 2 N–H and O–H groups in total. The molecule has 1 aromatic heterocycles. The first-order chi connectivity index (χ1) is 15.5. The molecule has 1 heterocycles. The van der Waals surface area contributed by atoms with Gasteiger partial charge >= 0.3 is 0 Å². The van der Waals surface area contributed by atoms with Gasteiger partial charge in [0.1, 0.15) is 0 Å². The second kappa shape index (κ2) is 9.49. The number of rotatable bonds is 6. The Morgan fingerprint density at radius 3 is 2.47 bits per heavy atom. The van der Waals surface area contributed by atoms with Gasteiger partial charge in [0.25, 0.3) is 5.91 Å². The highest BCUT2D eigenvalue weighted by atomic mass is 35.5. The fourth-order valence-corrected chi connectivity index (χ4v) is 3.65. The lowest BCUT2D eigenvalue weighted by atomic mass is 10.2. The molecule has 0 saturated carbocycles. The van der Waals surface area contributed by atoms with Gasteiger partial charge < -0.3 is 9.88 Å². The van der Waals surface area contributed by atoms with Gasteiger partial charge in [-0.05, 0) is 42.0 Å². The molecule has 4 aromatic rings. The maximum atomic E-state index is 12.4. The Hall–Kier alpha value is -3.90. The number of para-hydroxylation sites is 1. The Morgan fingerprint density at radius 1 is 1.00 bits per heavy atom. The van der Waals surface area contributed by atoms with Crippen molar-refractivity contribution in [3.8, 4) is 0 Å². The Kier molecular flexibility index (Phi) is 6.33. The number of carbonyl (C=O) groups excluding carboxylic acids is 2. The third kappa shape index (κ3) is 4.87. The van der Waals surface area contributed by atoms with Crippen LogP contribution in [0, 0.1) is 0 Å². The summed E-state index contributed by atoms with van der Waals surface area (Å²) in [5.41, 5.74) is 6.58. The SMILES string of the molecule is CC(=O)Nc1ccc(C(=O)NN=Cc2cn(Cc3ccccc3Cl)c3ccccc23)cc1. The van der Waals surface area contributed by atoms with E-state index in [0.29, 0.717) is 17.8 Å². The highest BCUT2D eigenvalue weighted by Crippen LogP contribution is 2.23. The van der Waals surface area contributed by atoms with Crippen molar-refractivity contribution in [2.75, 3.05) is 5.32 Å². The summed E-state index contributed by atoms with van der Waals surface area (Å²) in [7, 11) is 0. The van der Waals surface area contributed by atoms with Gasteiger partial charge in [0.15, 0.2) is 0 Å². The van der Waals surface area contributed by atoms with Crippen LogP contribution in [0.2, 0.25) is 5.02 Å². The smallest absolute Gasteiger partial charge is 0.271 e. The topological polar surface area (TPSA) is 75.5 Å². The molecule has 4 rings (SSSR count). The average Bonchev–Trinajstić information content (AvgIpc) is 3.13. The molecular formula is C25H21ClN4O2. The van der Waals surface area contributed by atoms with Crippen LogP contribution >= 0.6 is 11.6 Å². The molecule has 160 valence electrons. The first-order valence-electron chi connectivity index (χ1n) is 10.0.